The zero-order chi connectivity index (χ0) is 20.5. The van der Waals surface area contributed by atoms with E-state index in [1.54, 1.807) is 28.9 Å². The van der Waals surface area contributed by atoms with Crippen molar-refractivity contribution in [3.63, 3.8) is 0 Å². The second-order valence-corrected chi connectivity index (χ2v) is 7.05. The van der Waals surface area contributed by atoms with E-state index in [-0.39, 0.29) is 18.4 Å². The number of aromatic nitrogens is 4. The molecule has 9 heteroatoms. The van der Waals surface area contributed by atoms with Crippen LogP contribution in [0.1, 0.15) is 17.1 Å². The van der Waals surface area contributed by atoms with E-state index >= 15 is 0 Å². The molecular weight excluding hydrogens is 394 g/mol. The molecule has 0 bridgehead atoms. The van der Waals surface area contributed by atoms with Crippen molar-refractivity contribution in [2.45, 2.75) is 20.8 Å². The summed E-state index contributed by atoms with van der Waals surface area (Å²) in [7, 11) is 0. The molecule has 148 valence electrons. The summed E-state index contributed by atoms with van der Waals surface area (Å²) >= 11 is 6.21. The summed E-state index contributed by atoms with van der Waals surface area (Å²) in [5.41, 5.74) is 3.00. The van der Waals surface area contributed by atoms with Gasteiger partial charge in [0.05, 0.1) is 10.7 Å². The number of halogens is 1. The molecule has 1 amide bonds. The zero-order valence-corrected chi connectivity index (χ0v) is 16.8. The lowest BCUT2D eigenvalue weighted by Crippen LogP contribution is -2.20. The van der Waals surface area contributed by atoms with Gasteiger partial charge in [-0.3, -0.25) is 4.79 Å². The molecule has 0 aliphatic rings. The summed E-state index contributed by atoms with van der Waals surface area (Å²) in [5, 5.41) is 16.4. The average Bonchev–Trinajstić information content (AvgIpc) is 3.21. The van der Waals surface area contributed by atoms with Crippen LogP contribution in [0.4, 0.5) is 5.69 Å². The fourth-order valence-electron chi connectivity index (χ4n) is 3.01. The number of benzene rings is 1. The number of nitrogens with zero attached hydrogens (tertiary/aromatic N) is 4. The fourth-order valence-corrected chi connectivity index (χ4v) is 3.28. The van der Waals surface area contributed by atoms with E-state index in [2.05, 4.69) is 20.6 Å². The molecule has 0 fully saturated rings. The Morgan fingerprint density at radius 3 is 2.69 bits per heavy atom. The lowest BCUT2D eigenvalue weighted by atomic mass is 10.2. The number of fused-ring (bicyclic) bond motifs is 1. The van der Waals surface area contributed by atoms with Crippen LogP contribution in [0.2, 0.25) is 5.02 Å². The third-order valence-electron chi connectivity index (χ3n) is 4.18. The van der Waals surface area contributed by atoms with Crippen molar-refractivity contribution in [2.75, 3.05) is 11.9 Å². The van der Waals surface area contributed by atoms with Crippen molar-refractivity contribution in [1.29, 1.82) is 0 Å². The minimum absolute atomic E-state index is 0.214. The number of rotatable bonds is 5. The summed E-state index contributed by atoms with van der Waals surface area (Å²) in [6, 6.07) is 10.6. The van der Waals surface area contributed by atoms with Crippen molar-refractivity contribution in [3.8, 4) is 11.7 Å². The first-order valence-corrected chi connectivity index (χ1v) is 9.26. The van der Waals surface area contributed by atoms with Crippen LogP contribution in [0.5, 0.6) is 5.88 Å². The molecule has 0 radical (unpaired) electrons. The van der Waals surface area contributed by atoms with Crippen molar-refractivity contribution in [1.82, 2.24) is 20.0 Å². The lowest BCUT2D eigenvalue weighted by molar-refractivity contribution is -0.118. The highest BCUT2D eigenvalue weighted by atomic mass is 35.5. The Balaban J connectivity index is 1.39. The van der Waals surface area contributed by atoms with E-state index in [1.165, 1.54) is 0 Å². The van der Waals surface area contributed by atoms with Gasteiger partial charge in [0.1, 0.15) is 5.76 Å². The van der Waals surface area contributed by atoms with Gasteiger partial charge in [0.2, 0.25) is 5.88 Å². The quantitative estimate of drug-likeness (QED) is 0.533. The van der Waals surface area contributed by atoms with Gasteiger partial charge in [-0.15, -0.1) is 10.2 Å². The Morgan fingerprint density at radius 2 is 2.00 bits per heavy atom. The normalized spacial score (nSPS) is 11.0. The van der Waals surface area contributed by atoms with E-state index < -0.39 is 0 Å². The second kappa shape index (κ2) is 7.56. The molecule has 0 unspecified atom stereocenters. The first kappa shape index (κ1) is 18.9. The molecular formula is C20H18ClN5O3. The smallest absolute Gasteiger partial charge is 0.262 e. The Bertz CT molecular complexity index is 1200. The molecule has 3 heterocycles. The molecule has 4 aromatic rings. The molecule has 29 heavy (non-hydrogen) atoms. The summed E-state index contributed by atoms with van der Waals surface area (Å²) in [6.45, 7) is 5.47. The van der Waals surface area contributed by atoms with E-state index in [0.717, 1.165) is 22.5 Å². The maximum atomic E-state index is 12.2. The number of furan rings is 1. The van der Waals surface area contributed by atoms with Crippen molar-refractivity contribution >= 4 is 34.2 Å². The molecule has 0 saturated carbocycles. The molecule has 0 saturated heterocycles. The van der Waals surface area contributed by atoms with Gasteiger partial charge < -0.3 is 14.5 Å². The first-order chi connectivity index (χ1) is 13.9. The van der Waals surface area contributed by atoms with Gasteiger partial charge in [-0.25, -0.2) is 4.68 Å². The van der Waals surface area contributed by atoms with Gasteiger partial charge in [0, 0.05) is 22.8 Å². The van der Waals surface area contributed by atoms with Gasteiger partial charge in [-0.2, -0.15) is 5.10 Å². The maximum Gasteiger partial charge on any atom is 0.262 e. The molecule has 0 spiro atoms. The average molecular weight is 412 g/mol. The molecule has 4 rings (SSSR count). The van der Waals surface area contributed by atoms with Crippen LogP contribution < -0.4 is 10.1 Å². The highest BCUT2D eigenvalue weighted by Gasteiger charge is 2.11. The third kappa shape index (κ3) is 4.07. The van der Waals surface area contributed by atoms with Gasteiger partial charge in [-0.05, 0) is 51.1 Å². The molecule has 8 nitrogen and oxygen atoms in total. The monoisotopic (exact) mass is 411 g/mol. The lowest BCUT2D eigenvalue weighted by Gasteiger charge is -2.08. The number of carbonyl (C=O) groups is 1. The SMILES string of the molecule is Cc1cc(C)n(-c2ccc(OCC(=O)Nc3cc(Cl)c4oc(C)cc4c3)nn2)n1. The highest BCUT2D eigenvalue weighted by molar-refractivity contribution is 6.35. The number of anilines is 1. The van der Waals surface area contributed by atoms with E-state index in [0.29, 0.717) is 22.1 Å². The third-order valence-corrected chi connectivity index (χ3v) is 4.46. The maximum absolute atomic E-state index is 12.2. The number of aryl methyl sites for hydroxylation is 3. The number of hydrogen-bond acceptors (Lipinski definition) is 6. The largest absolute Gasteiger partial charge is 0.466 e. The Hall–Kier alpha value is -3.39. The number of nitrogens with one attached hydrogen (secondary N) is 1. The molecule has 0 atom stereocenters. The second-order valence-electron chi connectivity index (χ2n) is 6.64. The van der Waals surface area contributed by atoms with Gasteiger partial charge >= 0.3 is 0 Å². The highest BCUT2D eigenvalue weighted by Crippen LogP contribution is 2.30. The van der Waals surface area contributed by atoms with Crippen LogP contribution in [-0.2, 0) is 4.79 Å². The van der Waals surface area contributed by atoms with Gasteiger partial charge in [-0.1, -0.05) is 11.6 Å². The Kier molecular flexibility index (Phi) is 4.94. The van der Waals surface area contributed by atoms with Crippen molar-refractivity contribution < 1.29 is 13.9 Å². The van der Waals surface area contributed by atoms with Crippen LogP contribution in [0.25, 0.3) is 16.8 Å². The topological polar surface area (TPSA) is 95.1 Å². The fraction of sp³-hybridized carbons (Fsp3) is 0.200. The van der Waals surface area contributed by atoms with Crippen LogP contribution >= 0.6 is 11.6 Å². The van der Waals surface area contributed by atoms with Gasteiger partial charge in [0.15, 0.2) is 18.0 Å². The van der Waals surface area contributed by atoms with Crippen LogP contribution in [0, 0.1) is 20.8 Å². The minimum Gasteiger partial charge on any atom is -0.466 e. The predicted molar refractivity (Wildman–Crippen MR) is 109 cm³/mol. The van der Waals surface area contributed by atoms with Crippen LogP contribution in [0.15, 0.2) is 40.8 Å². The van der Waals surface area contributed by atoms with Crippen LogP contribution in [-0.4, -0.2) is 32.5 Å². The molecule has 0 aliphatic carbocycles. The van der Waals surface area contributed by atoms with E-state index in [1.807, 2.05) is 32.9 Å². The molecule has 3 aromatic heterocycles. The van der Waals surface area contributed by atoms with Crippen LogP contribution in [0.3, 0.4) is 0 Å². The predicted octanol–water partition coefficient (Wildman–Crippen LogP) is 4.00. The standard InChI is InChI=1S/C20H18ClN5O3/c1-11-6-12(2)26(25-11)17-4-5-19(24-23-17)28-10-18(27)22-15-8-14-7-13(3)29-20(14)16(21)9-15/h4-9H,10H2,1-3H3,(H,22,27). The van der Waals surface area contributed by atoms with E-state index in [4.69, 9.17) is 20.8 Å². The summed E-state index contributed by atoms with van der Waals surface area (Å²) in [6.07, 6.45) is 0. The summed E-state index contributed by atoms with van der Waals surface area (Å²) in [5.74, 6) is 1.22. The number of carbonyl (C=O) groups excluding carboxylic acids is 1. The van der Waals surface area contributed by atoms with Crippen molar-refractivity contribution in [2.24, 2.45) is 0 Å². The molecule has 1 N–H and O–H groups in total. The number of amides is 1. The summed E-state index contributed by atoms with van der Waals surface area (Å²) < 4.78 is 12.6. The Morgan fingerprint density at radius 1 is 1.17 bits per heavy atom. The Labute approximate surface area is 171 Å². The molecule has 0 aliphatic heterocycles. The van der Waals surface area contributed by atoms with E-state index in [9.17, 15) is 4.79 Å². The number of hydrogen-bond donors (Lipinski definition) is 1. The number of ether oxygens (including phenoxy) is 1. The minimum atomic E-state index is -0.343. The van der Waals surface area contributed by atoms with Crippen molar-refractivity contribution in [3.05, 3.63) is 58.6 Å². The summed E-state index contributed by atoms with van der Waals surface area (Å²) in [4.78, 5) is 12.2. The van der Waals surface area contributed by atoms with Gasteiger partial charge in [0.25, 0.3) is 5.91 Å². The first-order valence-electron chi connectivity index (χ1n) is 8.89. The molecule has 1 aromatic carbocycles. The zero-order valence-electron chi connectivity index (χ0n) is 16.1.